The number of carbonyl (C=O) groups is 1. The Balaban J connectivity index is 1.79. The minimum absolute atomic E-state index is 0.206. The summed E-state index contributed by atoms with van der Waals surface area (Å²) in [6, 6.07) is 12.4. The van der Waals surface area contributed by atoms with Gasteiger partial charge in [-0.3, -0.25) is 4.79 Å². The minimum Gasteiger partial charge on any atom is -0.361 e. The van der Waals surface area contributed by atoms with Gasteiger partial charge in [-0.1, -0.05) is 24.3 Å². The van der Waals surface area contributed by atoms with Crippen LogP contribution in [0.2, 0.25) is 0 Å². The van der Waals surface area contributed by atoms with Gasteiger partial charge in [0.15, 0.2) is 0 Å². The summed E-state index contributed by atoms with van der Waals surface area (Å²) < 4.78 is 13.6. The van der Waals surface area contributed by atoms with Gasteiger partial charge in [0.1, 0.15) is 5.82 Å². The van der Waals surface area contributed by atoms with Gasteiger partial charge in [-0.15, -0.1) is 0 Å². The summed E-state index contributed by atoms with van der Waals surface area (Å²) >= 11 is 0. The van der Waals surface area contributed by atoms with Gasteiger partial charge in [0.05, 0.1) is 12.1 Å². The molecule has 106 valence electrons. The summed E-state index contributed by atoms with van der Waals surface area (Å²) in [6.07, 6.45) is 2.02. The number of para-hydroxylation sites is 1. The van der Waals surface area contributed by atoms with E-state index >= 15 is 0 Å². The van der Waals surface area contributed by atoms with Crippen LogP contribution in [0.4, 0.5) is 10.1 Å². The van der Waals surface area contributed by atoms with Crippen LogP contribution in [0.15, 0.2) is 48.7 Å². The number of aromatic amines is 1. The van der Waals surface area contributed by atoms with Crippen molar-refractivity contribution >= 4 is 22.5 Å². The number of amides is 1. The molecule has 0 aliphatic heterocycles. The van der Waals surface area contributed by atoms with Crippen molar-refractivity contribution < 1.29 is 9.18 Å². The standard InChI is InChI=1S/C17H15FN2O/c1-11-6-7-14(18)16(8-11)20-17(21)9-12-10-19-15-5-3-2-4-13(12)15/h2-8,10,19H,9H2,1H3,(H,20,21). The quantitative estimate of drug-likeness (QED) is 0.754. The Morgan fingerprint density at radius 2 is 2.05 bits per heavy atom. The zero-order valence-electron chi connectivity index (χ0n) is 11.6. The summed E-state index contributed by atoms with van der Waals surface area (Å²) in [7, 11) is 0. The first-order valence-corrected chi connectivity index (χ1v) is 6.74. The van der Waals surface area contributed by atoms with Crippen LogP contribution in [0.1, 0.15) is 11.1 Å². The summed E-state index contributed by atoms with van der Waals surface area (Å²) in [5.74, 6) is -0.655. The summed E-state index contributed by atoms with van der Waals surface area (Å²) in [4.78, 5) is 15.2. The molecular weight excluding hydrogens is 267 g/mol. The fourth-order valence-electron chi connectivity index (χ4n) is 2.38. The molecule has 2 N–H and O–H groups in total. The van der Waals surface area contributed by atoms with E-state index in [9.17, 15) is 9.18 Å². The third-order valence-corrected chi connectivity index (χ3v) is 3.42. The summed E-state index contributed by atoms with van der Waals surface area (Å²) in [5.41, 5.74) is 3.01. The Labute approximate surface area is 121 Å². The lowest BCUT2D eigenvalue weighted by molar-refractivity contribution is -0.115. The van der Waals surface area contributed by atoms with Crippen molar-refractivity contribution in [1.29, 1.82) is 0 Å². The highest BCUT2D eigenvalue weighted by Gasteiger charge is 2.11. The van der Waals surface area contributed by atoms with Gasteiger partial charge in [-0.25, -0.2) is 4.39 Å². The number of carbonyl (C=O) groups excluding carboxylic acids is 1. The monoisotopic (exact) mass is 282 g/mol. The van der Waals surface area contributed by atoms with E-state index in [-0.39, 0.29) is 18.0 Å². The summed E-state index contributed by atoms with van der Waals surface area (Å²) in [6.45, 7) is 1.86. The number of benzene rings is 2. The number of aromatic nitrogens is 1. The number of aryl methyl sites for hydroxylation is 1. The van der Waals surface area contributed by atoms with Crippen LogP contribution in [0.25, 0.3) is 10.9 Å². The predicted octanol–water partition coefficient (Wildman–Crippen LogP) is 3.80. The van der Waals surface area contributed by atoms with E-state index in [4.69, 9.17) is 0 Å². The number of rotatable bonds is 3. The minimum atomic E-state index is -0.423. The molecule has 0 unspecified atom stereocenters. The molecule has 2 aromatic carbocycles. The summed E-state index contributed by atoms with van der Waals surface area (Å²) in [5, 5.41) is 3.64. The molecular formula is C17H15FN2O. The number of hydrogen-bond donors (Lipinski definition) is 2. The maximum Gasteiger partial charge on any atom is 0.228 e. The van der Waals surface area contributed by atoms with Crippen molar-refractivity contribution in [3.05, 3.63) is 65.6 Å². The molecule has 0 bridgehead atoms. The smallest absolute Gasteiger partial charge is 0.228 e. The normalized spacial score (nSPS) is 10.8. The Morgan fingerprint density at radius 1 is 1.24 bits per heavy atom. The van der Waals surface area contributed by atoms with Crippen molar-refractivity contribution in [2.75, 3.05) is 5.32 Å². The average Bonchev–Trinajstić information content (AvgIpc) is 2.86. The number of anilines is 1. The van der Waals surface area contributed by atoms with Crippen LogP contribution in [0, 0.1) is 12.7 Å². The Hall–Kier alpha value is -2.62. The van der Waals surface area contributed by atoms with Crippen molar-refractivity contribution in [1.82, 2.24) is 4.98 Å². The lowest BCUT2D eigenvalue weighted by atomic mass is 10.1. The first kappa shape index (κ1) is 13.4. The van der Waals surface area contributed by atoms with Crippen LogP contribution in [0.5, 0.6) is 0 Å². The SMILES string of the molecule is Cc1ccc(F)c(NC(=O)Cc2c[nH]c3ccccc23)c1. The second-order valence-electron chi connectivity index (χ2n) is 5.07. The van der Waals surface area contributed by atoms with Crippen LogP contribution in [-0.4, -0.2) is 10.9 Å². The van der Waals surface area contributed by atoms with Crippen LogP contribution < -0.4 is 5.32 Å². The van der Waals surface area contributed by atoms with Gasteiger partial charge < -0.3 is 10.3 Å². The maximum atomic E-state index is 13.6. The molecule has 0 atom stereocenters. The molecule has 1 aromatic heterocycles. The molecule has 0 fully saturated rings. The van der Waals surface area contributed by atoms with Crippen molar-refractivity contribution in [3.8, 4) is 0 Å². The van der Waals surface area contributed by atoms with Crippen LogP contribution in [-0.2, 0) is 11.2 Å². The molecule has 4 heteroatoms. The molecule has 0 saturated heterocycles. The first-order chi connectivity index (χ1) is 10.1. The predicted molar refractivity (Wildman–Crippen MR) is 81.8 cm³/mol. The number of H-pyrrole nitrogens is 1. The molecule has 0 spiro atoms. The molecule has 3 aromatic rings. The molecule has 3 rings (SSSR count). The number of nitrogens with one attached hydrogen (secondary N) is 2. The van der Waals surface area contributed by atoms with Crippen molar-refractivity contribution in [3.63, 3.8) is 0 Å². The third-order valence-electron chi connectivity index (χ3n) is 3.42. The second-order valence-corrected chi connectivity index (χ2v) is 5.07. The van der Waals surface area contributed by atoms with E-state index < -0.39 is 5.82 Å². The molecule has 1 heterocycles. The van der Waals surface area contributed by atoms with Gasteiger partial charge >= 0.3 is 0 Å². The molecule has 0 saturated carbocycles. The molecule has 0 radical (unpaired) electrons. The topological polar surface area (TPSA) is 44.9 Å². The zero-order chi connectivity index (χ0) is 14.8. The largest absolute Gasteiger partial charge is 0.361 e. The average molecular weight is 282 g/mol. The molecule has 1 amide bonds. The molecule has 0 aliphatic carbocycles. The Kier molecular flexibility index (Phi) is 3.44. The Bertz CT molecular complexity index is 807. The van der Waals surface area contributed by atoms with E-state index in [0.29, 0.717) is 0 Å². The first-order valence-electron chi connectivity index (χ1n) is 6.74. The van der Waals surface area contributed by atoms with Gasteiger partial charge in [0.2, 0.25) is 5.91 Å². The number of hydrogen-bond acceptors (Lipinski definition) is 1. The highest BCUT2D eigenvalue weighted by atomic mass is 19.1. The van der Waals surface area contributed by atoms with Crippen molar-refractivity contribution in [2.45, 2.75) is 13.3 Å². The lowest BCUT2D eigenvalue weighted by Crippen LogP contribution is -2.15. The van der Waals surface area contributed by atoms with E-state index in [2.05, 4.69) is 10.3 Å². The van der Waals surface area contributed by atoms with Gasteiger partial charge in [-0.2, -0.15) is 0 Å². The number of fused-ring (bicyclic) bond motifs is 1. The van der Waals surface area contributed by atoms with Crippen molar-refractivity contribution in [2.24, 2.45) is 0 Å². The zero-order valence-corrected chi connectivity index (χ0v) is 11.6. The van der Waals surface area contributed by atoms with Crippen LogP contribution >= 0.6 is 0 Å². The Morgan fingerprint density at radius 3 is 2.90 bits per heavy atom. The fraction of sp³-hybridized carbons (Fsp3) is 0.118. The third kappa shape index (κ3) is 2.79. The maximum absolute atomic E-state index is 13.6. The molecule has 21 heavy (non-hydrogen) atoms. The van der Waals surface area contributed by atoms with Gasteiger partial charge in [-0.05, 0) is 36.2 Å². The number of halogens is 1. The van der Waals surface area contributed by atoms with E-state index in [1.807, 2.05) is 37.4 Å². The second kappa shape index (κ2) is 5.40. The highest BCUT2D eigenvalue weighted by molar-refractivity contribution is 5.95. The van der Waals surface area contributed by atoms with Gasteiger partial charge in [0, 0.05) is 17.1 Å². The van der Waals surface area contributed by atoms with E-state index in [0.717, 1.165) is 22.0 Å². The van der Waals surface area contributed by atoms with E-state index in [1.54, 1.807) is 12.1 Å². The van der Waals surface area contributed by atoms with Crippen LogP contribution in [0.3, 0.4) is 0 Å². The van der Waals surface area contributed by atoms with E-state index in [1.165, 1.54) is 6.07 Å². The fourth-order valence-corrected chi connectivity index (χ4v) is 2.38. The molecule has 3 nitrogen and oxygen atoms in total. The van der Waals surface area contributed by atoms with Gasteiger partial charge in [0.25, 0.3) is 0 Å². The molecule has 0 aliphatic rings. The lowest BCUT2D eigenvalue weighted by Gasteiger charge is -2.07. The highest BCUT2D eigenvalue weighted by Crippen LogP contribution is 2.20.